The predicted octanol–water partition coefficient (Wildman–Crippen LogP) is 3.66. The first kappa shape index (κ1) is 15.0. The fourth-order valence-corrected chi connectivity index (χ4v) is 2.41. The van der Waals surface area contributed by atoms with Crippen molar-refractivity contribution in [2.75, 3.05) is 20.3 Å². The van der Waals surface area contributed by atoms with E-state index >= 15 is 0 Å². The molecule has 0 unspecified atom stereocenters. The lowest BCUT2D eigenvalue weighted by molar-refractivity contribution is 0.129. The van der Waals surface area contributed by atoms with Crippen LogP contribution in [0.4, 0.5) is 4.39 Å². The number of aromatic amines is 1. The summed E-state index contributed by atoms with van der Waals surface area (Å²) in [4.78, 5) is 3.01. The van der Waals surface area contributed by atoms with E-state index in [4.69, 9.17) is 21.7 Å². The Morgan fingerprint density at radius 3 is 2.85 bits per heavy atom. The Kier molecular flexibility index (Phi) is 5.14. The number of rotatable bonds is 7. The van der Waals surface area contributed by atoms with Crippen molar-refractivity contribution in [3.63, 3.8) is 0 Å². The summed E-state index contributed by atoms with van der Waals surface area (Å²) in [6.45, 7) is 4.28. The van der Waals surface area contributed by atoms with E-state index in [1.807, 2.05) is 4.57 Å². The van der Waals surface area contributed by atoms with Crippen molar-refractivity contribution in [1.29, 1.82) is 0 Å². The van der Waals surface area contributed by atoms with Crippen molar-refractivity contribution in [2.24, 2.45) is 0 Å². The van der Waals surface area contributed by atoms with Crippen molar-refractivity contribution in [3.8, 4) is 5.75 Å². The minimum absolute atomic E-state index is 0.225. The number of imidazole rings is 1. The minimum atomic E-state index is -0.394. The zero-order valence-electron chi connectivity index (χ0n) is 11.7. The van der Waals surface area contributed by atoms with Gasteiger partial charge in [-0.2, -0.15) is 0 Å². The second-order valence-electron chi connectivity index (χ2n) is 4.55. The Morgan fingerprint density at radius 1 is 1.35 bits per heavy atom. The van der Waals surface area contributed by atoms with Gasteiger partial charge >= 0.3 is 0 Å². The lowest BCUT2D eigenvalue weighted by Crippen LogP contribution is -2.03. The first-order chi connectivity index (χ1) is 9.67. The van der Waals surface area contributed by atoms with E-state index < -0.39 is 5.82 Å². The lowest BCUT2D eigenvalue weighted by atomic mass is 10.2. The van der Waals surface area contributed by atoms with Crippen molar-refractivity contribution in [3.05, 3.63) is 22.7 Å². The maximum absolute atomic E-state index is 13.6. The number of ether oxygens (including phenoxy) is 2. The Hall–Kier alpha value is -1.40. The largest absolute Gasteiger partial charge is 0.494 e. The molecule has 1 aromatic heterocycles. The van der Waals surface area contributed by atoms with Gasteiger partial charge in [-0.3, -0.25) is 0 Å². The van der Waals surface area contributed by atoms with Gasteiger partial charge in [-0.25, -0.2) is 4.39 Å². The van der Waals surface area contributed by atoms with Crippen LogP contribution in [-0.2, 0) is 11.3 Å². The number of nitrogens with zero attached hydrogens (tertiary/aromatic N) is 1. The van der Waals surface area contributed by atoms with Crippen LogP contribution in [0.1, 0.15) is 19.8 Å². The average molecular weight is 298 g/mol. The summed E-state index contributed by atoms with van der Waals surface area (Å²) in [5.41, 5.74) is 1.53. The van der Waals surface area contributed by atoms with Crippen molar-refractivity contribution in [2.45, 2.75) is 26.3 Å². The van der Waals surface area contributed by atoms with Crippen LogP contribution in [0.15, 0.2) is 12.1 Å². The minimum Gasteiger partial charge on any atom is -0.494 e. The van der Waals surface area contributed by atoms with Gasteiger partial charge in [0.05, 0.1) is 18.1 Å². The summed E-state index contributed by atoms with van der Waals surface area (Å²) in [6.07, 6.45) is 1.88. The molecular weight excluding hydrogens is 279 g/mol. The molecule has 2 rings (SSSR count). The number of methoxy groups -OCH3 is 1. The molecule has 0 aliphatic carbocycles. The van der Waals surface area contributed by atoms with Crippen LogP contribution in [0, 0.1) is 10.6 Å². The van der Waals surface area contributed by atoms with Gasteiger partial charge in [0, 0.05) is 31.9 Å². The molecule has 0 aliphatic heterocycles. The summed E-state index contributed by atoms with van der Waals surface area (Å²) in [5.74, 6) is -0.169. The number of hydrogen-bond donors (Lipinski definition) is 1. The van der Waals surface area contributed by atoms with E-state index in [0.29, 0.717) is 16.9 Å². The van der Waals surface area contributed by atoms with Crippen LogP contribution in [0.25, 0.3) is 11.0 Å². The van der Waals surface area contributed by atoms with Crippen LogP contribution in [0.5, 0.6) is 5.75 Å². The van der Waals surface area contributed by atoms with E-state index in [9.17, 15) is 4.39 Å². The summed E-state index contributed by atoms with van der Waals surface area (Å²) >= 11 is 5.28. The fraction of sp³-hybridized carbons (Fsp3) is 0.500. The molecule has 1 N–H and O–H groups in total. The predicted molar refractivity (Wildman–Crippen MR) is 79.4 cm³/mol. The molecule has 0 saturated carbocycles. The molecule has 2 aromatic rings. The Bertz CT molecular complexity index is 636. The summed E-state index contributed by atoms with van der Waals surface area (Å²) in [5, 5.41) is 0. The van der Waals surface area contributed by atoms with Crippen molar-refractivity contribution in [1.82, 2.24) is 9.55 Å². The molecule has 110 valence electrons. The first-order valence-electron chi connectivity index (χ1n) is 6.71. The summed E-state index contributed by atoms with van der Waals surface area (Å²) < 4.78 is 26.6. The molecule has 1 heterocycles. The number of aryl methyl sites for hydroxylation is 1. The molecule has 0 radical (unpaired) electrons. The number of aromatic nitrogens is 2. The van der Waals surface area contributed by atoms with Gasteiger partial charge in [0.1, 0.15) is 0 Å². The summed E-state index contributed by atoms with van der Waals surface area (Å²) in [7, 11) is 1.45. The Labute approximate surface area is 122 Å². The van der Waals surface area contributed by atoms with Crippen LogP contribution >= 0.6 is 12.2 Å². The topological polar surface area (TPSA) is 39.2 Å². The molecular formula is C14H19FN2O2S. The van der Waals surface area contributed by atoms with Crippen molar-refractivity contribution < 1.29 is 13.9 Å². The highest BCUT2D eigenvalue weighted by Crippen LogP contribution is 2.24. The maximum Gasteiger partial charge on any atom is 0.178 e. The number of hydrogen-bond acceptors (Lipinski definition) is 3. The quantitative estimate of drug-likeness (QED) is 0.626. The van der Waals surface area contributed by atoms with Crippen LogP contribution in [-0.4, -0.2) is 29.9 Å². The second kappa shape index (κ2) is 6.85. The zero-order chi connectivity index (χ0) is 14.5. The zero-order valence-corrected chi connectivity index (χ0v) is 12.6. The number of nitrogens with one attached hydrogen (secondary N) is 1. The smallest absolute Gasteiger partial charge is 0.178 e. The molecule has 20 heavy (non-hydrogen) atoms. The number of fused-ring (bicyclic) bond motifs is 1. The highest BCUT2D eigenvalue weighted by molar-refractivity contribution is 7.71. The molecule has 0 atom stereocenters. The molecule has 0 spiro atoms. The Morgan fingerprint density at radius 2 is 2.15 bits per heavy atom. The van der Waals surface area contributed by atoms with Gasteiger partial charge in [0.2, 0.25) is 0 Å². The van der Waals surface area contributed by atoms with Gasteiger partial charge in [-0.05, 0) is 25.1 Å². The van der Waals surface area contributed by atoms with Gasteiger partial charge < -0.3 is 19.0 Å². The van der Waals surface area contributed by atoms with Gasteiger partial charge in [-0.1, -0.05) is 6.92 Å². The highest BCUT2D eigenvalue weighted by atomic mass is 32.1. The SMILES string of the molecule is CCCOCCCn1c(=S)[nH]c2cc(F)c(OC)cc21. The van der Waals surface area contributed by atoms with Crippen LogP contribution in [0.2, 0.25) is 0 Å². The molecule has 0 aliphatic rings. The van der Waals surface area contributed by atoms with E-state index in [1.54, 1.807) is 6.07 Å². The van der Waals surface area contributed by atoms with Crippen molar-refractivity contribution >= 4 is 23.3 Å². The first-order valence-corrected chi connectivity index (χ1v) is 7.12. The van der Waals surface area contributed by atoms with E-state index in [1.165, 1.54) is 13.2 Å². The van der Waals surface area contributed by atoms with Crippen LogP contribution < -0.4 is 4.74 Å². The third-order valence-electron chi connectivity index (χ3n) is 3.07. The molecule has 0 saturated heterocycles. The number of benzene rings is 1. The molecule has 0 fully saturated rings. The van der Waals surface area contributed by atoms with E-state index in [0.717, 1.165) is 31.5 Å². The monoisotopic (exact) mass is 298 g/mol. The molecule has 4 nitrogen and oxygen atoms in total. The highest BCUT2D eigenvalue weighted by Gasteiger charge is 2.10. The summed E-state index contributed by atoms with van der Waals surface area (Å²) in [6, 6.07) is 3.08. The number of halogens is 1. The third kappa shape index (κ3) is 3.19. The normalized spacial score (nSPS) is 11.2. The molecule has 1 aromatic carbocycles. The van der Waals surface area contributed by atoms with Gasteiger partial charge in [0.25, 0.3) is 0 Å². The lowest BCUT2D eigenvalue weighted by Gasteiger charge is -2.07. The van der Waals surface area contributed by atoms with Crippen LogP contribution in [0.3, 0.4) is 0 Å². The molecule has 6 heteroatoms. The second-order valence-corrected chi connectivity index (χ2v) is 4.94. The van der Waals surface area contributed by atoms with E-state index in [-0.39, 0.29) is 5.75 Å². The average Bonchev–Trinajstić information content (AvgIpc) is 2.72. The van der Waals surface area contributed by atoms with Gasteiger partial charge in [-0.15, -0.1) is 0 Å². The maximum atomic E-state index is 13.6. The molecule has 0 bridgehead atoms. The Balaban J connectivity index is 2.19. The van der Waals surface area contributed by atoms with E-state index in [2.05, 4.69) is 11.9 Å². The standard InChI is InChI=1S/C14H19FN2O2S/c1-3-6-19-7-4-5-17-12-9-13(18-2)10(15)8-11(12)16-14(17)20/h8-9H,3-7H2,1-2H3,(H,16,20). The number of H-pyrrole nitrogens is 1. The third-order valence-corrected chi connectivity index (χ3v) is 3.39. The fourth-order valence-electron chi connectivity index (χ4n) is 2.11. The van der Waals surface area contributed by atoms with Gasteiger partial charge in [0.15, 0.2) is 16.3 Å². The molecule has 0 amide bonds.